The fourth-order valence-corrected chi connectivity index (χ4v) is 6.03. The predicted octanol–water partition coefficient (Wildman–Crippen LogP) is 1.36. The van der Waals surface area contributed by atoms with Crippen LogP contribution in [0.5, 0.6) is 0 Å². The fraction of sp³-hybridized carbons (Fsp3) is 0.320. The number of anilines is 1. The van der Waals surface area contributed by atoms with Gasteiger partial charge in [0.05, 0.1) is 6.54 Å². The van der Waals surface area contributed by atoms with Gasteiger partial charge >= 0.3 is 0 Å². The molecule has 11 nitrogen and oxygen atoms in total. The molecule has 38 heavy (non-hydrogen) atoms. The molecule has 0 radical (unpaired) electrons. The van der Waals surface area contributed by atoms with Crippen LogP contribution in [0.15, 0.2) is 53.1 Å². The van der Waals surface area contributed by atoms with Crippen LogP contribution in [-0.4, -0.2) is 64.3 Å². The minimum absolute atomic E-state index is 0.0766. The first kappa shape index (κ1) is 25.2. The maximum atomic E-state index is 14.0. The fourth-order valence-electron chi connectivity index (χ4n) is 4.44. The summed E-state index contributed by atoms with van der Waals surface area (Å²) in [6.45, 7) is 0.259. The van der Waals surface area contributed by atoms with Gasteiger partial charge in [-0.3, -0.25) is 19.0 Å². The summed E-state index contributed by atoms with van der Waals surface area (Å²) in [5.41, 5.74) is 7.28. The molecule has 194 valence electrons. The Balaban J connectivity index is 1.30. The van der Waals surface area contributed by atoms with Crippen molar-refractivity contribution in [3.8, 4) is 6.07 Å². The van der Waals surface area contributed by atoms with Crippen molar-refractivity contribution in [1.29, 1.82) is 5.26 Å². The van der Waals surface area contributed by atoms with Crippen LogP contribution >= 0.6 is 0 Å². The summed E-state index contributed by atoms with van der Waals surface area (Å²) < 4.78 is 42.5. The SMILES string of the molecule is Cn1nc(C(=O)NCC2=C=C=C(C#N)C=C2)c2c1C(=O)N(CC1(S(=O)(=O)Nc3ncccc3F)CC1)CC2. The number of pyridine rings is 1. The monoisotopic (exact) mass is 535 g/mol. The van der Waals surface area contributed by atoms with E-state index in [-0.39, 0.29) is 36.8 Å². The van der Waals surface area contributed by atoms with Crippen LogP contribution in [0.4, 0.5) is 10.2 Å². The van der Waals surface area contributed by atoms with Gasteiger partial charge in [0.1, 0.15) is 22.1 Å². The number of amides is 2. The molecule has 3 heterocycles. The summed E-state index contributed by atoms with van der Waals surface area (Å²) in [5.74, 6) is -2.07. The van der Waals surface area contributed by atoms with E-state index in [1.54, 1.807) is 19.2 Å². The average molecular weight is 536 g/mol. The standard InChI is InChI=1S/C25H22FN7O4S/c1-32-21-18(20(30-32)23(34)29-14-17-6-4-16(13-27)5-7-17)8-12-33(24(21)35)15-25(9-10-25)38(36,37)31-22-19(26)3-2-11-28-22/h2-4,6,11H,8-10,12,14-15H2,1H3,(H,28,31)(H,29,34). The van der Waals surface area contributed by atoms with Crippen LogP contribution in [0.25, 0.3) is 0 Å². The van der Waals surface area contributed by atoms with E-state index >= 15 is 0 Å². The van der Waals surface area contributed by atoms with Gasteiger partial charge in [-0.05, 0) is 43.5 Å². The molecule has 1 fully saturated rings. The third-order valence-electron chi connectivity index (χ3n) is 6.70. The maximum absolute atomic E-state index is 14.0. The summed E-state index contributed by atoms with van der Waals surface area (Å²) in [6.07, 6.45) is 5.46. The lowest BCUT2D eigenvalue weighted by molar-refractivity contribution is 0.0724. The van der Waals surface area contributed by atoms with E-state index in [1.165, 1.54) is 21.8 Å². The van der Waals surface area contributed by atoms with Crippen molar-refractivity contribution in [3.05, 3.63) is 75.9 Å². The number of allylic oxidation sites excluding steroid dienone is 2. The Bertz CT molecular complexity index is 1650. The third-order valence-corrected chi connectivity index (χ3v) is 8.84. The Morgan fingerprint density at radius 3 is 2.76 bits per heavy atom. The highest BCUT2D eigenvalue weighted by Gasteiger charge is 2.57. The number of aryl methyl sites for hydroxylation is 1. The molecule has 2 amide bonds. The molecule has 2 N–H and O–H groups in total. The molecule has 13 heteroatoms. The van der Waals surface area contributed by atoms with Crippen LogP contribution in [0.1, 0.15) is 39.4 Å². The second-order valence-electron chi connectivity index (χ2n) is 9.22. The van der Waals surface area contributed by atoms with E-state index in [1.807, 2.05) is 6.07 Å². The number of halogens is 1. The zero-order chi connectivity index (χ0) is 27.1. The highest BCUT2D eigenvalue weighted by Crippen LogP contribution is 2.45. The summed E-state index contributed by atoms with van der Waals surface area (Å²) in [4.78, 5) is 31.4. The molecule has 2 aromatic rings. The Morgan fingerprint density at radius 2 is 2.11 bits per heavy atom. The first-order valence-corrected chi connectivity index (χ1v) is 13.2. The molecule has 2 aromatic heterocycles. The summed E-state index contributed by atoms with van der Waals surface area (Å²) in [5, 5.41) is 15.9. The van der Waals surface area contributed by atoms with Gasteiger partial charge in [-0.1, -0.05) is 11.5 Å². The van der Waals surface area contributed by atoms with E-state index in [2.05, 4.69) is 31.6 Å². The summed E-state index contributed by atoms with van der Waals surface area (Å²) in [6, 6.07) is 4.42. The highest BCUT2D eigenvalue weighted by atomic mass is 32.2. The Kier molecular flexibility index (Phi) is 6.25. The first-order chi connectivity index (χ1) is 18.1. The number of nitriles is 1. The minimum atomic E-state index is -4.04. The number of sulfonamides is 1. The van der Waals surface area contributed by atoms with Gasteiger partial charge in [0.2, 0.25) is 10.0 Å². The lowest BCUT2D eigenvalue weighted by atomic mass is 10.0. The topological polar surface area (TPSA) is 150 Å². The number of carbonyl (C=O) groups excluding carboxylic acids is 2. The van der Waals surface area contributed by atoms with Crippen LogP contribution in [0, 0.1) is 17.1 Å². The molecule has 2 aliphatic carbocycles. The number of fused-ring (bicyclic) bond motifs is 1. The molecule has 5 rings (SSSR count). The summed E-state index contributed by atoms with van der Waals surface area (Å²) >= 11 is 0. The van der Waals surface area contributed by atoms with Crippen LogP contribution in [-0.2, 0) is 23.5 Å². The first-order valence-electron chi connectivity index (χ1n) is 11.7. The highest BCUT2D eigenvalue weighted by molar-refractivity contribution is 7.94. The van der Waals surface area contributed by atoms with E-state index < -0.39 is 32.4 Å². The normalized spacial score (nSPS) is 17.3. The smallest absolute Gasteiger partial charge is 0.272 e. The van der Waals surface area contributed by atoms with Crippen LogP contribution in [0.2, 0.25) is 0 Å². The van der Waals surface area contributed by atoms with Gasteiger partial charge < -0.3 is 10.2 Å². The van der Waals surface area contributed by atoms with Crippen molar-refractivity contribution >= 4 is 27.7 Å². The quantitative estimate of drug-likeness (QED) is 0.485. The lowest BCUT2D eigenvalue weighted by Crippen LogP contribution is -2.47. The second kappa shape index (κ2) is 9.43. The Morgan fingerprint density at radius 1 is 1.32 bits per heavy atom. The van der Waals surface area contributed by atoms with Crippen molar-refractivity contribution in [3.63, 3.8) is 0 Å². The van der Waals surface area contributed by atoms with Gasteiger partial charge in [-0.25, -0.2) is 17.8 Å². The zero-order valence-corrected chi connectivity index (χ0v) is 21.1. The maximum Gasteiger partial charge on any atom is 0.272 e. The molecule has 0 spiro atoms. The Labute approximate surface area is 217 Å². The lowest BCUT2D eigenvalue weighted by Gasteiger charge is -2.31. The molecule has 3 aliphatic rings. The largest absolute Gasteiger partial charge is 0.346 e. The van der Waals surface area contributed by atoms with Crippen molar-refractivity contribution in [2.45, 2.75) is 24.0 Å². The summed E-state index contributed by atoms with van der Waals surface area (Å²) in [7, 11) is -2.49. The average Bonchev–Trinajstić information content (AvgIpc) is 3.62. The van der Waals surface area contributed by atoms with E-state index in [9.17, 15) is 22.4 Å². The number of hydrogen-bond donors (Lipinski definition) is 2. The molecular weight excluding hydrogens is 513 g/mol. The molecule has 0 aromatic carbocycles. The van der Waals surface area contributed by atoms with E-state index in [4.69, 9.17) is 5.26 Å². The molecule has 1 aliphatic heterocycles. The Hall–Kier alpha value is -4.49. The van der Waals surface area contributed by atoms with Crippen LogP contribution < -0.4 is 10.0 Å². The number of nitrogens with one attached hydrogen (secondary N) is 2. The zero-order valence-electron chi connectivity index (χ0n) is 20.3. The molecule has 0 unspecified atom stereocenters. The number of carbonyl (C=O) groups is 2. The molecule has 0 saturated heterocycles. The van der Waals surface area contributed by atoms with Gasteiger partial charge in [0.15, 0.2) is 17.3 Å². The number of aromatic nitrogens is 3. The number of nitrogens with zero attached hydrogens (tertiary/aromatic N) is 5. The second-order valence-corrected chi connectivity index (χ2v) is 11.3. The van der Waals surface area contributed by atoms with Crippen molar-refractivity contribution in [2.75, 3.05) is 24.4 Å². The van der Waals surface area contributed by atoms with Gasteiger partial charge in [-0.2, -0.15) is 10.4 Å². The molecule has 0 atom stereocenters. The van der Waals surface area contributed by atoms with Gasteiger partial charge in [0.25, 0.3) is 11.8 Å². The van der Waals surface area contributed by atoms with Gasteiger partial charge in [-0.15, -0.1) is 0 Å². The molecular formula is C25H22FN7O4S. The third kappa shape index (κ3) is 4.53. The van der Waals surface area contributed by atoms with Crippen molar-refractivity contribution < 1.29 is 22.4 Å². The minimum Gasteiger partial charge on any atom is -0.346 e. The molecule has 1 saturated carbocycles. The van der Waals surface area contributed by atoms with E-state index in [0.29, 0.717) is 36.0 Å². The number of rotatable bonds is 8. The molecule has 0 bridgehead atoms. The van der Waals surface area contributed by atoms with Crippen LogP contribution in [0.3, 0.4) is 0 Å². The van der Waals surface area contributed by atoms with Crippen molar-refractivity contribution in [2.24, 2.45) is 7.05 Å². The van der Waals surface area contributed by atoms with E-state index in [0.717, 1.165) is 6.07 Å². The van der Waals surface area contributed by atoms with Crippen molar-refractivity contribution in [1.82, 2.24) is 25.0 Å². The number of hydrogen-bond acceptors (Lipinski definition) is 7. The van der Waals surface area contributed by atoms with Gasteiger partial charge in [0, 0.05) is 37.5 Å². The predicted molar refractivity (Wildman–Crippen MR) is 133 cm³/mol.